The van der Waals surface area contributed by atoms with Gasteiger partial charge in [-0.25, -0.2) is 5.43 Å². The zero-order valence-electron chi connectivity index (χ0n) is 13.7. The average Bonchev–Trinajstić information content (AvgIpc) is 3.14. The van der Waals surface area contributed by atoms with Crippen molar-refractivity contribution in [1.29, 1.82) is 0 Å². The first-order valence-electron chi connectivity index (χ1n) is 7.59. The Kier molecular flexibility index (Phi) is 5.33. The molecular formula is C18H15BrN4O3. The Balaban J connectivity index is 1.68. The number of phenolic OH excluding ortho intramolecular Hbond substituents is 1. The minimum absolute atomic E-state index is 0.0490. The van der Waals surface area contributed by atoms with Crippen LogP contribution in [0.1, 0.15) is 16.1 Å². The molecule has 26 heavy (non-hydrogen) atoms. The highest BCUT2D eigenvalue weighted by molar-refractivity contribution is 9.10. The number of carbonyl (C=O) groups excluding carboxylic acids is 1. The number of para-hydroxylation sites is 1. The lowest BCUT2D eigenvalue weighted by Crippen LogP contribution is -2.18. The van der Waals surface area contributed by atoms with E-state index in [9.17, 15) is 9.90 Å². The minimum atomic E-state index is -0.445. The summed E-state index contributed by atoms with van der Waals surface area (Å²) in [6.07, 6.45) is 1.34. The Morgan fingerprint density at radius 3 is 2.81 bits per heavy atom. The van der Waals surface area contributed by atoms with Crippen LogP contribution in [0.5, 0.6) is 11.5 Å². The number of benzene rings is 2. The summed E-state index contributed by atoms with van der Waals surface area (Å²) in [4.78, 5) is 12.2. The monoisotopic (exact) mass is 414 g/mol. The predicted molar refractivity (Wildman–Crippen MR) is 101 cm³/mol. The lowest BCUT2D eigenvalue weighted by molar-refractivity contribution is 0.0950. The number of nitrogens with zero attached hydrogens (tertiary/aromatic N) is 2. The molecular weight excluding hydrogens is 400 g/mol. The first-order chi connectivity index (χ1) is 12.6. The molecule has 7 nitrogen and oxygen atoms in total. The van der Waals surface area contributed by atoms with Gasteiger partial charge >= 0.3 is 0 Å². The third kappa shape index (κ3) is 3.92. The highest BCUT2D eigenvalue weighted by Crippen LogP contribution is 2.28. The van der Waals surface area contributed by atoms with E-state index < -0.39 is 5.91 Å². The minimum Gasteiger partial charge on any atom is -0.504 e. The van der Waals surface area contributed by atoms with E-state index in [1.165, 1.54) is 13.3 Å². The van der Waals surface area contributed by atoms with Crippen molar-refractivity contribution >= 4 is 28.1 Å². The number of nitrogens with one attached hydrogen (secondary N) is 2. The number of ether oxygens (including phenoxy) is 1. The van der Waals surface area contributed by atoms with Crippen molar-refractivity contribution in [3.8, 4) is 22.8 Å². The Hall–Kier alpha value is -3.13. The smallest absolute Gasteiger partial charge is 0.289 e. The number of aromatic nitrogens is 2. The fourth-order valence-corrected chi connectivity index (χ4v) is 2.50. The maximum Gasteiger partial charge on any atom is 0.289 e. The molecule has 1 aromatic heterocycles. The number of phenols is 1. The van der Waals surface area contributed by atoms with Crippen molar-refractivity contribution in [2.75, 3.05) is 7.11 Å². The largest absolute Gasteiger partial charge is 0.504 e. The van der Waals surface area contributed by atoms with Crippen molar-refractivity contribution in [3.05, 3.63) is 64.3 Å². The van der Waals surface area contributed by atoms with Crippen LogP contribution < -0.4 is 10.2 Å². The molecule has 3 N–H and O–H groups in total. The van der Waals surface area contributed by atoms with Crippen molar-refractivity contribution in [1.82, 2.24) is 15.6 Å². The summed E-state index contributed by atoms with van der Waals surface area (Å²) < 4.78 is 5.98. The van der Waals surface area contributed by atoms with Gasteiger partial charge in [0.15, 0.2) is 11.5 Å². The maximum atomic E-state index is 12.2. The second-order valence-electron chi connectivity index (χ2n) is 5.27. The SMILES string of the molecule is COc1cccc(C=NNC(=O)c2cc(-c3ccc(Br)cc3)n[nH]2)c1O. The summed E-state index contributed by atoms with van der Waals surface area (Å²) in [6, 6.07) is 14.2. The summed E-state index contributed by atoms with van der Waals surface area (Å²) in [5.41, 5.74) is 4.61. The number of amides is 1. The second kappa shape index (κ2) is 7.83. The molecule has 8 heteroatoms. The molecule has 0 bridgehead atoms. The molecule has 0 saturated carbocycles. The average molecular weight is 415 g/mol. The van der Waals surface area contributed by atoms with Crippen molar-refractivity contribution in [2.45, 2.75) is 0 Å². The molecule has 132 valence electrons. The Morgan fingerprint density at radius 1 is 1.31 bits per heavy atom. The zero-order valence-corrected chi connectivity index (χ0v) is 15.3. The Morgan fingerprint density at radius 2 is 2.08 bits per heavy atom. The second-order valence-corrected chi connectivity index (χ2v) is 6.19. The predicted octanol–water partition coefficient (Wildman–Crippen LogP) is 3.32. The topological polar surface area (TPSA) is 99.6 Å². The lowest BCUT2D eigenvalue weighted by Gasteiger charge is -2.04. The van der Waals surface area contributed by atoms with E-state index in [1.54, 1.807) is 24.3 Å². The fraction of sp³-hybridized carbons (Fsp3) is 0.0556. The number of halogens is 1. The fourth-order valence-electron chi connectivity index (χ4n) is 2.24. The molecule has 0 unspecified atom stereocenters. The molecule has 0 aliphatic carbocycles. The molecule has 3 rings (SSSR count). The molecule has 1 heterocycles. The van der Waals surface area contributed by atoms with Gasteiger partial charge in [-0.3, -0.25) is 9.89 Å². The van der Waals surface area contributed by atoms with E-state index in [1.807, 2.05) is 24.3 Å². The van der Waals surface area contributed by atoms with Gasteiger partial charge in [-0.15, -0.1) is 0 Å². The number of aromatic hydroxyl groups is 1. The van der Waals surface area contributed by atoms with Gasteiger partial charge in [0.1, 0.15) is 5.69 Å². The van der Waals surface area contributed by atoms with Crippen molar-refractivity contribution in [2.24, 2.45) is 5.10 Å². The first kappa shape index (κ1) is 17.7. The number of H-pyrrole nitrogens is 1. The van der Waals surface area contributed by atoms with Gasteiger partial charge in [0.25, 0.3) is 5.91 Å². The molecule has 0 radical (unpaired) electrons. The molecule has 3 aromatic rings. The molecule has 0 spiro atoms. The van der Waals surface area contributed by atoms with Gasteiger partial charge in [0.2, 0.25) is 0 Å². The number of aromatic amines is 1. The number of hydrazone groups is 1. The van der Waals surface area contributed by atoms with E-state index in [4.69, 9.17) is 4.74 Å². The zero-order chi connectivity index (χ0) is 18.5. The normalized spacial score (nSPS) is 10.8. The Labute approximate surface area is 157 Å². The van der Waals surface area contributed by atoms with Crippen LogP contribution in [-0.4, -0.2) is 34.5 Å². The van der Waals surface area contributed by atoms with Gasteiger partial charge in [-0.2, -0.15) is 10.2 Å². The van der Waals surface area contributed by atoms with Crippen molar-refractivity contribution in [3.63, 3.8) is 0 Å². The molecule has 0 fully saturated rings. The first-order valence-corrected chi connectivity index (χ1v) is 8.38. The van der Waals surface area contributed by atoms with Crippen LogP contribution in [-0.2, 0) is 0 Å². The number of hydrogen-bond donors (Lipinski definition) is 3. The van der Waals surface area contributed by atoms with E-state index >= 15 is 0 Å². The molecule has 0 aliphatic heterocycles. The van der Waals surface area contributed by atoms with Gasteiger partial charge in [-0.1, -0.05) is 34.1 Å². The molecule has 0 atom stereocenters. The summed E-state index contributed by atoms with van der Waals surface area (Å²) in [6.45, 7) is 0. The van der Waals surface area contributed by atoms with E-state index in [0.29, 0.717) is 17.0 Å². The quantitative estimate of drug-likeness (QED) is 0.440. The van der Waals surface area contributed by atoms with Gasteiger partial charge in [0.05, 0.1) is 19.0 Å². The third-order valence-electron chi connectivity index (χ3n) is 3.58. The molecule has 0 aliphatic rings. The summed E-state index contributed by atoms with van der Waals surface area (Å²) in [7, 11) is 1.46. The van der Waals surface area contributed by atoms with E-state index in [2.05, 4.69) is 36.7 Å². The number of hydrogen-bond acceptors (Lipinski definition) is 5. The molecule has 2 aromatic carbocycles. The van der Waals surface area contributed by atoms with Crippen LogP contribution >= 0.6 is 15.9 Å². The van der Waals surface area contributed by atoms with Crippen LogP contribution in [0.15, 0.2) is 58.1 Å². The highest BCUT2D eigenvalue weighted by Gasteiger charge is 2.11. The number of carbonyl (C=O) groups is 1. The number of rotatable bonds is 5. The van der Waals surface area contributed by atoms with Crippen LogP contribution in [0.3, 0.4) is 0 Å². The lowest BCUT2D eigenvalue weighted by atomic mass is 10.1. The summed E-state index contributed by atoms with van der Waals surface area (Å²) >= 11 is 3.37. The summed E-state index contributed by atoms with van der Waals surface area (Å²) in [5, 5.41) is 20.6. The number of methoxy groups -OCH3 is 1. The highest BCUT2D eigenvalue weighted by atomic mass is 79.9. The maximum absolute atomic E-state index is 12.2. The standard InChI is InChI=1S/C18H15BrN4O3/c1-26-16-4-2-3-12(17(16)24)10-20-23-18(25)15-9-14(21-22-15)11-5-7-13(19)8-6-11/h2-10,24H,1H3,(H,21,22)(H,23,25). The van der Waals surface area contributed by atoms with Gasteiger partial charge < -0.3 is 9.84 Å². The van der Waals surface area contributed by atoms with Crippen LogP contribution in [0, 0.1) is 0 Å². The van der Waals surface area contributed by atoms with Gasteiger partial charge in [-0.05, 0) is 30.3 Å². The van der Waals surface area contributed by atoms with Crippen LogP contribution in [0.25, 0.3) is 11.3 Å². The van der Waals surface area contributed by atoms with Crippen LogP contribution in [0.2, 0.25) is 0 Å². The summed E-state index contributed by atoms with van der Waals surface area (Å²) in [5.74, 6) is -0.167. The Bertz CT molecular complexity index is 951. The van der Waals surface area contributed by atoms with Crippen LogP contribution in [0.4, 0.5) is 0 Å². The van der Waals surface area contributed by atoms with E-state index in [0.717, 1.165) is 10.0 Å². The van der Waals surface area contributed by atoms with Crippen molar-refractivity contribution < 1.29 is 14.6 Å². The molecule has 1 amide bonds. The van der Waals surface area contributed by atoms with Gasteiger partial charge in [0, 0.05) is 15.6 Å². The third-order valence-corrected chi connectivity index (χ3v) is 4.11. The van der Waals surface area contributed by atoms with E-state index in [-0.39, 0.29) is 11.4 Å². The molecule has 0 saturated heterocycles.